The molecule has 1 aliphatic carbocycles. The number of hydrogen-bond donors (Lipinski definition) is 1. The van der Waals surface area contributed by atoms with Gasteiger partial charge >= 0.3 is 0 Å². The average molecular weight is 292 g/mol. The summed E-state index contributed by atoms with van der Waals surface area (Å²) in [6.07, 6.45) is 7.99. The molecule has 0 heterocycles. The summed E-state index contributed by atoms with van der Waals surface area (Å²) in [6, 6.07) is 7.31. The summed E-state index contributed by atoms with van der Waals surface area (Å²) in [5, 5.41) is 0. The van der Waals surface area contributed by atoms with E-state index in [9.17, 15) is 4.39 Å². The lowest BCUT2D eigenvalue weighted by molar-refractivity contribution is 0.183. The van der Waals surface area contributed by atoms with Gasteiger partial charge in [-0.1, -0.05) is 50.8 Å². The highest BCUT2D eigenvalue weighted by Gasteiger charge is 2.23. The molecule has 2 rings (SSSR count). The Bertz CT molecular complexity index is 427. The van der Waals surface area contributed by atoms with Gasteiger partial charge in [-0.05, 0) is 31.9 Å². The van der Waals surface area contributed by atoms with Crippen LogP contribution in [-0.4, -0.2) is 24.5 Å². The van der Waals surface area contributed by atoms with E-state index in [0.29, 0.717) is 11.6 Å². The Morgan fingerprint density at radius 3 is 2.43 bits per heavy atom. The van der Waals surface area contributed by atoms with Crippen LogP contribution in [0.3, 0.4) is 0 Å². The fraction of sp³-hybridized carbons (Fsp3) is 0.667. The van der Waals surface area contributed by atoms with E-state index in [-0.39, 0.29) is 17.8 Å². The van der Waals surface area contributed by atoms with E-state index >= 15 is 0 Å². The number of rotatable bonds is 5. The molecule has 1 aromatic carbocycles. The van der Waals surface area contributed by atoms with Crippen molar-refractivity contribution in [3.05, 3.63) is 35.6 Å². The van der Waals surface area contributed by atoms with Crippen molar-refractivity contribution in [1.29, 1.82) is 0 Å². The van der Waals surface area contributed by atoms with Gasteiger partial charge in [-0.2, -0.15) is 0 Å². The first-order chi connectivity index (χ1) is 10.1. The molecule has 21 heavy (non-hydrogen) atoms. The minimum absolute atomic E-state index is 0.186. The minimum Gasteiger partial charge on any atom is -0.324 e. The van der Waals surface area contributed by atoms with Crippen molar-refractivity contribution in [3.63, 3.8) is 0 Å². The van der Waals surface area contributed by atoms with Crippen molar-refractivity contribution in [3.8, 4) is 0 Å². The molecule has 0 saturated heterocycles. The van der Waals surface area contributed by atoms with Crippen LogP contribution < -0.4 is 5.73 Å². The quantitative estimate of drug-likeness (QED) is 0.827. The Labute approximate surface area is 128 Å². The molecule has 0 bridgehead atoms. The number of halogens is 1. The summed E-state index contributed by atoms with van der Waals surface area (Å²) in [7, 11) is 2.19. The molecule has 0 spiro atoms. The Morgan fingerprint density at radius 2 is 1.81 bits per heavy atom. The normalized spacial score (nSPS) is 20.2. The summed E-state index contributed by atoms with van der Waals surface area (Å²) < 4.78 is 13.9. The fourth-order valence-corrected chi connectivity index (χ4v) is 3.47. The van der Waals surface area contributed by atoms with Crippen LogP contribution in [0.5, 0.6) is 0 Å². The molecule has 1 aliphatic rings. The number of nitrogens with two attached hydrogens (primary N) is 1. The van der Waals surface area contributed by atoms with E-state index in [1.807, 2.05) is 12.1 Å². The molecule has 0 aliphatic heterocycles. The topological polar surface area (TPSA) is 29.3 Å². The first kappa shape index (κ1) is 16.4. The summed E-state index contributed by atoms with van der Waals surface area (Å²) in [5.74, 6) is 0.0594. The van der Waals surface area contributed by atoms with Gasteiger partial charge in [0.1, 0.15) is 5.82 Å². The van der Waals surface area contributed by atoms with Crippen LogP contribution in [0.15, 0.2) is 24.3 Å². The zero-order valence-corrected chi connectivity index (χ0v) is 13.4. The SMILES string of the molecule is CC(CN(C)C1CCCCCC1)C(N)c1ccccc1F. The average Bonchev–Trinajstić information content (AvgIpc) is 2.76. The van der Waals surface area contributed by atoms with Crippen molar-refractivity contribution < 1.29 is 4.39 Å². The molecule has 3 heteroatoms. The van der Waals surface area contributed by atoms with Gasteiger partial charge in [0.25, 0.3) is 0 Å². The van der Waals surface area contributed by atoms with Gasteiger partial charge in [-0.15, -0.1) is 0 Å². The highest BCUT2D eigenvalue weighted by atomic mass is 19.1. The lowest BCUT2D eigenvalue weighted by Crippen LogP contribution is -2.37. The third-order valence-electron chi connectivity index (χ3n) is 4.90. The Morgan fingerprint density at radius 1 is 1.19 bits per heavy atom. The molecule has 2 nitrogen and oxygen atoms in total. The van der Waals surface area contributed by atoms with E-state index in [4.69, 9.17) is 5.73 Å². The van der Waals surface area contributed by atoms with Crippen LogP contribution in [-0.2, 0) is 0 Å². The Kier molecular flexibility index (Phi) is 6.19. The lowest BCUT2D eigenvalue weighted by atomic mass is 9.93. The van der Waals surface area contributed by atoms with Crippen molar-refractivity contribution in [1.82, 2.24) is 4.90 Å². The zero-order chi connectivity index (χ0) is 15.2. The summed E-state index contributed by atoms with van der Waals surface area (Å²) in [5.41, 5.74) is 6.92. The smallest absolute Gasteiger partial charge is 0.127 e. The number of benzene rings is 1. The van der Waals surface area contributed by atoms with Crippen molar-refractivity contribution in [2.24, 2.45) is 11.7 Å². The predicted molar refractivity (Wildman–Crippen MR) is 86.6 cm³/mol. The summed E-state index contributed by atoms with van der Waals surface area (Å²) >= 11 is 0. The molecule has 0 aromatic heterocycles. The fourth-order valence-electron chi connectivity index (χ4n) is 3.47. The van der Waals surface area contributed by atoms with Gasteiger partial charge in [0, 0.05) is 24.2 Å². The van der Waals surface area contributed by atoms with Crippen molar-refractivity contribution in [2.45, 2.75) is 57.5 Å². The van der Waals surface area contributed by atoms with E-state index in [1.165, 1.54) is 44.6 Å². The largest absolute Gasteiger partial charge is 0.324 e. The molecule has 1 fully saturated rings. The molecule has 2 N–H and O–H groups in total. The van der Waals surface area contributed by atoms with Gasteiger partial charge in [0.05, 0.1) is 0 Å². The van der Waals surface area contributed by atoms with E-state index in [0.717, 1.165) is 6.54 Å². The summed E-state index contributed by atoms with van der Waals surface area (Å²) in [6.45, 7) is 3.06. The Hall–Kier alpha value is -0.930. The van der Waals surface area contributed by atoms with Crippen LogP contribution >= 0.6 is 0 Å². The highest BCUT2D eigenvalue weighted by Crippen LogP contribution is 2.26. The van der Waals surface area contributed by atoms with E-state index < -0.39 is 0 Å². The van der Waals surface area contributed by atoms with Crippen LogP contribution in [0.2, 0.25) is 0 Å². The molecule has 118 valence electrons. The molecule has 1 saturated carbocycles. The van der Waals surface area contributed by atoms with E-state index in [1.54, 1.807) is 6.07 Å². The highest BCUT2D eigenvalue weighted by molar-refractivity contribution is 5.21. The number of nitrogens with zero attached hydrogens (tertiary/aromatic N) is 1. The first-order valence-electron chi connectivity index (χ1n) is 8.30. The number of hydrogen-bond acceptors (Lipinski definition) is 2. The lowest BCUT2D eigenvalue weighted by Gasteiger charge is -2.32. The monoisotopic (exact) mass is 292 g/mol. The minimum atomic E-state index is -0.237. The molecular formula is C18H29FN2. The molecule has 0 amide bonds. The van der Waals surface area contributed by atoms with Crippen LogP contribution in [0.4, 0.5) is 4.39 Å². The summed E-state index contributed by atoms with van der Waals surface area (Å²) in [4.78, 5) is 2.44. The molecular weight excluding hydrogens is 263 g/mol. The maximum atomic E-state index is 13.9. The second-order valence-electron chi connectivity index (χ2n) is 6.61. The van der Waals surface area contributed by atoms with Crippen LogP contribution in [0, 0.1) is 11.7 Å². The molecule has 2 atom stereocenters. The second kappa shape index (κ2) is 7.90. The van der Waals surface area contributed by atoms with Gasteiger partial charge in [-0.25, -0.2) is 4.39 Å². The standard InChI is InChI=1S/C18H29FN2/c1-14(18(20)16-11-7-8-12-17(16)19)13-21(2)15-9-5-3-4-6-10-15/h7-8,11-12,14-15,18H,3-6,9-10,13,20H2,1-2H3. The van der Waals surface area contributed by atoms with Gasteiger partial charge in [-0.3, -0.25) is 0 Å². The Balaban J connectivity index is 1.93. The zero-order valence-electron chi connectivity index (χ0n) is 13.4. The molecule has 0 radical (unpaired) electrons. The predicted octanol–water partition coefficient (Wildman–Crippen LogP) is 4.12. The van der Waals surface area contributed by atoms with Crippen molar-refractivity contribution >= 4 is 0 Å². The maximum absolute atomic E-state index is 13.9. The maximum Gasteiger partial charge on any atom is 0.127 e. The third-order valence-corrected chi connectivity index (χ3v) is 4.90. The molecule has 2 unspecified atom stereocenters. The molecule has 1 aromatic rings. The van der Waals surface area contributed by atoms with Gasteiger partial charge in [0.15, 0.2) is 0 Å². The van der Waals surface area contributed by atoms with Crippen LogP contribution in [0.25, 0.3) is 0 Å². The third kappa shape index (κ3) is 4.52. The van der Waals surface area contributed by atoms with E-state index in [2.05, 4.69) is 18.9 Å². The van der Waals surface area contributed by atoms with Crippen LogP contribution in [0.1, 0.15) is 57.1 Å². The van der Waals surface area contributed by atoms with Gasteiger partial charge in [0.2, 0.25) is 0 Å². The van der Waals surface area contributed by atoms with Crippen molar-refractivity contribution in [2.75, 3.05) is 13.6 Å². The van der Waals surface area contributed by atoms with Gasteiger partial charge < -0.3 is 10.6 Å². The second-order valence-corrected chi connectivity index (χ2v) is 6.61. The first-order valence-corrected chi connectivity index (χ1v) is 8.30.